The number of ether oxygens (including phenoxy) is 1. The minimum atomic E-state index is -3.77. The predicted octanol–water partition coefficient (Wildman–Crippen LogP) is 3.93. The fourth-order valence-electron chi connectivity index (χ4n) is 2.66. The van der Waals surface area contributed by atoms with Crippen LogP contribution in [0.2, 0.25) is 5.02 Å². The second kappa shape index (κ2) is 8.22. The van der Waals surface area contributed by atoms with Gasteiger partial charge < -0.3 is 9.26 Å². The highest BCUT2D eigenvalue weighted by Gasteiger charge is 2.19. The quantitative estimate of drug-likeness (QED) is 0.642. The van der Waals surface area contributed by atoms with Crippen molar-refractivity contribution in [2.45, 2.75) is 25.0 Å². The Morgan fingerprint density at radius 1 is 1.19 bits per heavy atom. The van der Waals surface area contributed by atoms with Crippen molar-refractivity contribution in [3.63, 3.8) is 0 Å². The van der Waals surface area contributed by atoms with Crippen LogP contribution in [0.25, 0.3) is 11.3 Å². The molecule has 6 nitrogen and oxygen atoms in total. The molecule has 1 N–H and O–H groups in total. The topological polar surface area (TPSA) is 81.4 Å². The van der Waals surface area contributed by atoms with Crippen molar-refractivity contribution >= 4 is 21.6 Å². The Kier molecular flexibility index (Phi) is 5.96. The van der Waals surface area contributed by atoms with E-state index in [1.165, 1.54) is 19.2 Å². The summed E-state index contributed by atoms with van der Waals surface area (Å²) >= 11 is 6.03. The zero-order chi connectivity index (χ0) is 19.4. The van der Waals surface area contributed by atoms with E-state index in [0.717, 1.165) is 11.1 Å². The third-order valence-electron chi connectivity index (χ3n) is 4.04. The molecule has 0 aliphatic heterocycles. The van der Waals surface area contributed by atoms with Crippen molar-refractivity contribution in [3.8, 4) is 11.3 Å². The highest BCUT2D eigenvalue weighted by Crippen LogP contribution is 2.26. The summed E-state index contributed by atoms with van der Waals surface area (Å²) in [6.45, 7) is 2.13. The van der Waals surface area contributed by atoms with Crippen LogP contribution in [0.1, 0.15) is 16.8 Å². The first kappa shape index (κ1) is 19.6. The van der Waals surface area contributed by atoms with Crippen molar-refractivity contribution in [1.29, 1.82) is 0 Å². The van der Waals surface area contributed by atoms with Crippen LogP contribution in [-0.2, 0) is 27.9 Å². The minimum Gasteiger partial charge on any atom is -0.380 e. The van der Waals surface area contributed by atoms with E-state index < -0.39 is 10.0 Å². The summed E-state index contributed by atoms with van der Waals surface area (Å²) in [7, 11) is -2.23. The Balaban J connectivity index is 1.80. The maximum atomic E-state index is 12.6. The minimum absolute atomic E-state index is 0.0105. The molecule has 0 saturated carbocycles. The molecular weight excluding hydrogens is 388 g/mol. The summed E-state index contributed by atoms with van der Waals surface area (Å²) in [5.74, 6) is 0.620. The number of sulfonamides is 1. The fraction of sp³-hybridized carbons (Fsp3) is 0.211. The first-order valence-corrected chi connectivity index (χ1v) is 10.1. The highest BCUT2D eigenvalue weighted by atomic mass is 35.5. The van der Waals surface area contributed by atoms with Gasteiger partial charge in [0.1, 0.15) is 5.69 Å². The average molecular weight is 407 g/mol. The van der Waals surface area contributed by atoms with E-state index in [1.54, 1.807) is 6.07 Å². The zero-order valence-corrected chi connectivity index (χ0v) is 16.5. The Labute approximate surface area is 163 Å². The predicted molar refractivity (Wildman–Crippen MR) is 103 cm³/mol. The second-order valence-electron chi connectivity index (χ2n) is 6.00. The smallest absolute Gasteiger partial charge is 0.240 e. The van der Waals surface area contributed by atoms with E-state index in [9.17, 15) is 8.42 Å². The third-order valence-corrected chi connectivity index (χ3v) is 5.64. The molecule has 1 heterocycles. The van der Waals surface area contributed by atoms with Gasteiger partial charge in [0.2, 0.25) is 10.0 Å². The van der Waals surface area contributed by atoms with Crippen molar-refractivity contribution in [2.24, 2.45) is 0 Å². The Hall–Kier alpha value is -2.19. The lowest BCUT2D eigenvalue weighted by Gasteiger charge is -2.08. The zero-order valence-electron chi connectivity index (χ0n) is 14.9. The van der Waals surface area contributed by atoms with Crippen LogP contribution in [0.15, 0.2) is 57.9 Å². The number of hydrogen-bond donors (Lipinski definition) is 1. The van der Waals surface area contributed by atoms with Gasteiger partial charge in [-0.15, -0.1) is 0 Å². The number of methoxy groups -OCH3 is 1. The molecular formula is C19H19ClN2O4S. The average Bonchev–Trinajstić information content (AvgIpc) is 3.01. The van der Waals surface area contributed by atoms with Gasteiger partial charge >= 0.3 is 0 Å². The van der Waals surface area contributed by atoms with Crippen LogP contribution in [0, 0.1) is 6.92 Å². The summed E-state index contributed by atoms with van der Waals surface area (Å²) in [5.41, 5.74) is 2.87. The number of hydrogen-bond acceptors (Lipinski definition) is 5. The summed E-state index contributed by atoms with van der Waals surface area (Å²) in [5, 5.41) is 4.33. The van der Waals surface area contributed by atoms with E-state index in [0.29, 0.717) is 22.0 Å². The number of halogens is 1. The van der Waals surface area contributed by atoms with Gasteiger partial charge in [0.05, 0.1) is 18.0 Å². The summed E-state index contributed by atoms with van der Waals surface area (Å²) in [6, 6.07) is 14.1. The largest absolute Gasteiger partial charge is 0.380 e. The molecule has 0 aliphatic carbocycles. The van der Waals surface area contributed by atoms with Crippen molar-refractivity contribution < 1.29 is 17.7 Å². The van der Waals surface area contributed by atoms with Crippen LogP contribution in [-0.4, -0.2) is 20.7 Å². The van der Waals surface area contributed by atoms with E-state index in [-0.39, 0.29) is 18.0 Å². The molecule has 3 rings (SSSR count). The van der Waals surface area contributed by atoms with Crippen molar-refractivity contribution in [1.82, 2.24) is 9.88 Å². The summed E-state index contributed by atoms with van der Waals surface area (Å²) < 4.78 is 38.3. The second-order valence-corrected chi connectivity index (χ2v) is 8.21. The Morgan fingerprint density at radius 3 is 2.63 bits per heavy atom. The molecule has 0 aliphatic rings. The molecule has 8 heteroatoms. The van der Waals surface area contributed by atoms with E-state index in [1.807, 2.05) is 37.3 Å². The fourth-order valence-corrected chi connectivity index (χ4v) is 4.07. The summed E-state index contributed by atoms with van der Waals surface area (Å²) in [6.07, 6.45) is 0. The molecule has 27 heavy (non-hydrogen) atoms. The molecule has 0 bridgehead atoms. The molecule has 1 aromatic heterocycles. The molecule has 2 aromatic carbocycles. The molecule has 0 radical (unpaired) electrons. The monoisotopic (exact) mass is 406 g/mol. The van der Waals surface area contributed by atoms with Gasteiger partial charge in [-0.2, -0.15) is 0 Å². The van der Waals surface area contributed by atoms with Gasteiger partial charge in [0.25, 0.3) is 0 Å². The number of rotatable bonds is 7. The SMILES string of the molecule is COCc1cc(Cl)cc(S(=O)(=O)NCc2noc(-c3ccccc3)c2C)c1. The van der Waals surface area contributed by atoms with Crippen LogP contribution < -0.4 is 4.72 Å². The van der Waals surface area contributed by atoms with E-state index >= 15 is 0 Å². The number of nitrogens with zero attached hydrogens (tertiary/aromatic N) is 1. The lowest BCUT2D eigenvalue weighted by molar-refractivity contribution is 0.184. The maximum absolute atomic E-state index is 12.6. The van der Waals surface area contributed by atoms with Crippen LogP contribution in [0.4, 0.5) is 0 Å². The number of benzene rings is 2. The number of nitrogens with one attached hydrogen (secondary N) is 1. The standard InChI is InChI=1S/C19H19ClN2O4S/c1-13-18(22-26-19(13)15-6-4-3-5-7-15)11-21-27(23,24)17-9-14(12-25-2)8-16(20)10-17/h3-10,21H,11-12H2,1-2H3. The third kappa shape index (κ3) is 4.56. The van der Waals surface area contributed by atoms with Crippen molar-refractivity contribution in [2.75, 3.05) is 7.11 Å². The first-order chi connectivity index (χ1) is 12.9. The van der Waals surface area contributed by atoms with Gasteiger partial charge in [0.15, 0.2) is 5.76 Å². The Bertz CT molecular complexity index is 1030. The van der Waals surface area contributed by atoms with Crippen molar-refractivity contribution in [3.05, 3.63) is 70.4 Å². The normalized spacial score (nSPS) is 11.7. The molecule has 0 unspecified atom stereocenters. The van der Waals surface area contributed by atoms with Crippen LogP contribution >= 0.6 is 11.6 Å². The van der Waals surface area contributed by atoms with E-state index in [4.69, 9.17) is 20.9 Å². The Morgan fingerprint density at radius 2 is 1.93 bits per heavy atom. The highest BCUT2D eigenvalue weighted by molar-refractivity contribution is 7.89. The van der Waals surface area contributed by atoms with Gasteiger partial charge in [0, 0.05) is 23.3 Å². The lowest BCUT2D eigenvalue weighted by atomic mass is 10.1. The molecule has 3 aromatic rings. The molecule has 0 saturated heterocycles. The molecule has 142 valence electrons. The van der Waals surface area contributed by atoms with Gasteiger partial charge in [-0.05, 0) is 30.7 Å². The molecule has 0 spiro atoms. The maximum Gasteiger partial charge on any atom is 0.240 e. The molecule has 0 atom stereocenters. The molecule has 0 amide bonds. The van der Waals surface area contributed by atoms with Gasteiger partial charge in [-0.25, -0.2) is 13.1 Å². The molecule has 0 fully saturated rings. The van der Waals surface area contributed by atoms with E-state index in [2.05, 4.69) is 9.88 Å². The van der Waals surface area contributed by atoms with Crippen LogP contribution in [0.5, 0.6) is 0 Å². The van der Waals surface area contributed by atoms with Gasteiger partial charge in [-0.1, -0.05) is 47.1 Å². The number of aromatic nitrogens is 1. The summed E-state index contributed by atoms with van der Waals surface area (Å²) in [4.78, 5) is 0.0754. The van der Waals surface area contributed by atoms with Crippen LogP contribution in [0.3, 0.4) is 0 Å². The lowest BCUT2D eigenvalue weighted by Crippen LogP contribution is -2.24. The first-order valence-electron chi connectivity index (χ1n) is 8.19. The van der Waals surface area contributed by atoms with Gasteiger partial charge in [-0.3, -0.25) is 0 Å².